The van der Waals surface area contributed by atoms with Crippen LogP contribution in [0.5, 0.6) is 0 Å². The second-order valence-electron chi connectivity index (χ2n) is 6.14. The fourth-order valence-corrected chi connectivity index (χ4v) is 2.89. The second-order valence-corrected chi connectivity index (χ2v) is 6.14. The average molecular weight is 399 g/mol. The summed E-state index contributed by atoms with van der Waals surface area (Å²) in [5.74, 6) is -1.15. The van der Waals surface area contributed by atoms with E-state index in [2.05, 4.69) is 20.7 Å². The van der Waals surface area contributed by atoms with E-state index < -0.39 is 24.0 Å². The molecule has 1 aliphatic heterocycles. The molecule has 1 aromatic heterocycles. The molecule has 1 aromatic carbocycles. The van der Waals surface area contributed by atoms with Gasteiger partial charge in [-0.1, -0.05) is 6.92 Å². The molecule has 0 saturated carbocycles. The van der Waals surface area contributed by atoms with E-state index >= 15 is 0 Å². The number of nitrogens with zero attached hydrogens (tertiary/aromatic N) is 3. The number of urea groups is 1. The van der Waals surface area contributed by atoms with Gasteiger partial charge in [0, 0.05) is 0 Å². The van der Waals surface area contributed by atoms with Gasteiger partial charge in [0.2, 0.25) is 0 Å². The number of carbonyl (C=O) groups is 3. The molecule has 0 spiro atoms. The maximum atomic E-state index is 12.4. The van der Waals surface area contributed by atoms with E-state index in [-0.39, 0.29) is 24.5 Å². The first-order valence-corrected chi connectivity index (χ1v) is 9.13. The minimum absolute atomic E-state index is 0.192. The standard InChI is InChI=1S/C19H21N5O5/c1-3-14-16(18(26)28-4-2)15(23-19(27)22-14)9-29-17(25)12-5-7-13(8-6-12)24-11-20-10-21-24/h5-8,10-11,14H,3-4,9H2,1-2H3,(H2,22,23,27)/t14-/m0/s1. The SMILES string of the molecule is CCOC(=O)C1=C(COC(=O)c2ccc(-n3cncn3)cc2)NC(=O)N[C@H]1CC. The molecule has 2 heterocycles. The van der Waals surface area contributed by atoms with Crippen molar-refractivity contribution in [3.05, 3.63) is 53.8 Å². The Morgan fingerprint density at radius 3 is 2.52 bits per heavy atom. The molecule has 152 valence electrons. The molecule has 0 aliphatic carbocycles. The molecule has 3 rings (SSSR count). The second kappa shape index (κ2) is 9.00. The third-order valence-electron chi connectivity index (χ3n) is 4.28. The van der Waals surface area contributed by atoms with E-state index in [0.717, 1.165) is 5.69 Å². The van der Waals surface area contributed by atoms with E-state index in [4.69, 9.17) is 9.47 Å². The number of esters is 2. The van der Waals surface area contributed by atoms with Crippen LogP contribution in [-0.2, 0) is 14.3 Å². The first-order valence-electron chi connectivity index (χ1n) is 9.13. The van der Waals surface area contributed by atoms with Crippen LogP contribution in [0, 0.1) is 0 Å². The number of benzene rings is 1. The summed E-state index contributed by atoms with van der Waals surface area (Å²) >= 11 is 0. The average Bonchev–Trinajstić information content (AvgIpc) is 3.26. The molecule has 29 heavy (non-hydrogen) atoms. The highest BCUT2D eigenvalue weighted by Crippen LogP contribution is 2.18. The predicted molar refractivity (Wildman–Crippen MR) is 101 cm³/mol. The fraction of sp³-hybridized carbons (Fsp3) is 0.316. The van der Waals surface area contributed by atoms with Crippen molar-refractivity contribution >= 4 is 18.0 Å². The minimum Gasteiger partial charge on any atom is -0.463 e. The number of hydrogen-bond acceptors (Lipinski definition) is 7. The van der Waals surface area contributed by atoms with Crippen molar-refractivity contribution in [3.63, 3.8) is 0 Å². The van der Waals surface area contributed by atoms with Gasteiger partial charge in [0.25, 0.3) is 0 Å². The third-order valence-corrected chi connectivity index (χ3v) is 4.28. The van der Waals surface area contributed by atoms with Crippen molar-refractivity contribution in [2.75, 3.05) is 13.2 Å². The lowest BCUT2D eigenvalue weighted by Crippen LogP contribution is -2.51. The lowest BCUT2D eigenvalue weighted by atomic mass is 10.0. The Labute approximate surface area is 166 Å². The third kappa shape index (κ3) is 4.60. The normalized spacial score (nSPS) is 16.1. The lowest BCUT2D eigenvalue weighted by Gasteiger charge is -2.28. The number of nitrogens with one attached hydrogen (secondary N) is 2. The molecule has 0 saturated heterocycles. The van der Waals surface area contributed by atoms with Crippen LogP contribution in [-0.4, -0.2) is 52.0 Å². The van der Waals surface area contributed by atoms with E-state index in [0.29, 0.717) is 12.0 Å². The molecule has 10 heteroatoms. The fourth-order valence-electron chi connectivity index (χ4n) is 2.89. The van der Waals surface area contributed by atoms with Crippen LogP contribution >= 0.6 is 0 Å². The monoisotopic (exact) mass is 399 g/mol. The van der Waals surface area contributed by atoms with Gasteiger partial charge in [0.15, 0.2) is 0 Å². The number of aromatic nitrogens is 3. The van der Waals surface area contributed by atoms with Gasteiger partial charge in [-0.15, -0.1) is 0 Å². The van der Waals surface area contributed by atoms with E-state index in [1.165, 1.54) is 6.33 Å². The zero-order valence-corrected chi connectivity index (χ0v) is 16.0. The van der Waals surface area contributed by atoms with Crippen LogP contribution in [0.25, 0.3) is 5.69 Å². The van der Waals surface area contributed by atoms with E-state index in [1.807, 2.05) is 6.92 Å². The van der Waals surface area contributed by atoms with Crippen molar-refractivity contribution in [3.8, 4) is 5.69 Å². The summed E-state index contributed by atoms with van der Waals surface area (Å²) in [5.41, 5.74) is 1.53. The van der Waals surface area contributed by atoms with Crippen LogP contribution in [0.1, 0.15) is 30.6 Å². The summed E-state index contributed by atoms with van der Waals surface area (Å²) in [4.78, 5) is 40.5. The van der Waals surface area contributed by atoms with Gasteiger partial charge in [-0.25, -0.2) is 24.0 Å². The molecule has 0 unspecified atom stereocenters. The Hall–Kier alpha value is -3.69. The largest absolute Gasteiger partial charge is 0.463 e. The van der Waals surface area contributed by atoms with Gasteiger partial charge >= 0.3 is 18.0 Å². The number of ether oxygens (including phenoxy) is 2. The highest BCUT2D eigenvalue weighted by molar-refractivity contribution is 5.95. The number of rotatable bonds is 7. The Balaban J connectivity index is 1.74. The Morgan fingerprint density at radius 2 is 1.90 bits per heavy atom. The van der Waals surface area contributed by atoms with Gasteiger partial charge < -0.3 is 20.1 Å². The molecule has 2 amide bonds. The van der Waals surface area contributed by atoms with Crippen molar-refractivity contribution in [1.82, 2.24) is 25.4 Å². The molecule has 2 aromatic rings. The Kier molecular flexibility index (Phi) is 6.22. The maximum absolute atomic E-state index is 12.4. The van der Waals surface area contributed by atoms with Crippen LogP contribution in [0.2, 0.25) is 0 Å². The summed E-state index contributed by atoms with van der Waals surface area (Å²) in [5, 5.41) is 9.21. The van der Waals surface area contributed by atoms with Gasteiger partial charge in [-0.2, -0.15) is 5.10 Å². The van der Waals surface area contributed by atoms with Crippen LogP contribution in [0.15, 0.2) is 48.2 Å². The quantitative estimate of drug-likeness (QED) is 0.673. The summed E-state index contributed by atoms with van der Waals surface area (Å²) in [6, 6.07) is 5.61. The summed E-state index contributed by atoms with van der Waals surface area (Å²) in [6.07, 6.45) is 3.44. The Bertz CT molecular complexity index is 921. The van der Waals surface area contributed by atoms with Crippen molar-refractivity contribution in [2.45, 2.75) is 26.3 Å². The zero-order chi connectivity index (χ0) is 20.8. The van der Waals surface area contributed by atoms with Crippen molar-refractivity contribution in [2.24, 2.45) is 0 Å². The van der Waals surface area contributed by atoms with E-state index in [1.54, 1.807) is 42.2 Å². The van der Waals surface area contributed by atoms with Gasteiger partial charge in [0.05, 0.1) is 35.2 Å². The minimum atomic E-state index is -0.591. The van der Waals surface area contributed by atoms with Gasteiger partial charge in [-0.05, 0) is 37.6 Å². The first-order chi connectivity index (χ1) is 14.0. The molecule has 10 nitrogen and oxygen atoms in total. The predicted octanol–water partition coefficient (Wildman–Crippen LogP) is 1.33. The van der Waals surface area contributed by atoms with Crippen molar-refractivity contribution < 1.29 is 23.9 Å². The van der Waals surface area contributed by atoms with Crippen LogP contribution in [0.3, 0.4) is 0 Å². The van der Waals surface area contributed by atoms with E-state index in [9.17, 15) is 14.4 Å². The van der Waals surface area contributed by atoms with Crippen LogP contribution in [0.4, 0.5) is 4.79 Å². The molecular weight excluding hydrogens is 378 g/mol. The topological polar surface area (TPSA) is 124 Å². The van der Waals surface area contributed by atoms with Gasteiger partial charge in [-0.3, -0.25) is 0 Å². The molecule has 1 atom stereocenters. The number of carbonyl (C=O) groups excluding carboxylic acids is 3. The van der Waals surface area contributed by atoms with Crippen molar-refractivity contribution in [1.29, 1.82) is 0 Å². The molecule has 1 aliphatic rings. The number of amides is 2. The maximum Gasteiger partial charge on any atom is 0.338 e. The highest BCUT2D eigenvalue weighted by Gasteiger charge is 2.32. The number of hydrogen-bond donors (Lipinski definition) is 2. The molecular formula is C19H21N5O5. The molecule has 0 bridgehead atoms. The zero-order valence-electron chi connectivity index (χ0n) is 16.0. The van der Waals surface area contributed by atoms with Gasteiger partial charge in [0.1, 0.15) is 19.3 Å². The molecule has 0 fully saturated rings. The Morgan fingerprint density at radius 1 is 1.14 bits per heavy atom. The van der Waals surface area contributed by atoms with Crippen LogP contribution < -0.4 is 10.6 Å². The summed E-state index contributed by atoms with van der Waals surface area (Å²) in [7, 11) is 0. The summed E-state index contributed by atoms with van der Waals surface area (Å²) in [6.45, 7) is 3.45. The lowest BCUT2D eigenvalue weighted by molar-refractivity contribution is -0.139. The smallest absolute Gasteiger partial charge is 0.338 e. The molecule has 2 N–H and O–H groups in total. The summed E-state index contributed by atoms with van der Waals surface area (Å²) < 4.78 is 11.9. The first kappa shape index (κ1) is 20.1. The molecule has 0 radical (unpaired) electrons. The highest BCUT2D eigenvalue weighted by atomic mass is 16.5.